The van der Waals surface area contributed by atoms with Crippen LogP contribution in [-0.2, 0) is 4.79 Å². The highest BCUT2D eigenvalue weighted by atomic mass is 32.2. The van der Waals surface area contributed by atoms with E-state index in [2.05, 4.69) is 15.3 Å². The number of hydrogen-bond donors (Lipinski definition) is 2. The molecule has 0 bridgehead atoms. The van der Waals surface area contributed by atoms with Crippen LogP contribution in [0.4, 0.5) is 5.69 Å². The van der Waals surface area contributed by atoms with E-state index in [-0.39, 0.29) is 5.91 Å². The minimum atomic E-state index is -0.0602. The zero-order valence-corrected chi connectivity index (χ0v) is 15.0. The van der Waals surface area contributed by atoms with Gasteiger partial charge in [-0.1, -0.05) is 11.8 Å². The van der Waals surface area contributed by atoms with Gasteiger partial charge in [-0.25, -0.2) is 4.98 Å². The van der Waals surface area contributed by atoms with Gasteiger partial charge in [-0.2, -0.15) is 0 Å². The molecule has 5 nitrogen and oxygen atoms in total. The largest absolute Gasteiger partial charge is 0.497 e. The summed E-state index contributed by atoms with van der Waals surface area (Å²) in [5, 5.41) is 3.60. The van der Waals surface area contributed by atoms with Crippen molar-refractivity contribution >= 4 is 46.2 Å². The van der Waals surface area contributed by atoms with Crippen LogP contribution in [0.15, 0.2) is 52.5 Å². The number of aromatic amines is 1. The Balaban J connectivity index is 1.59. The van der Waals surface area contributed by atoms with Gasteiger partial charge in [-0.05, 0) is 42.7 Å². The van der Waals surface area contributed by atoms with Crippen LogP contribution >= 0.6 is 23.5 Å². The SMILES string of the molecule is COc1ccc2nc(SCC(=O)Nc3ccc(SC)cc3)[nH]c2c1. The average Bonchev–Trinajstić information content (AvgIpc) is 3.02. The highest BCUT2D eigenvalue weighted by Gasteiger charge is 2.08. The number of carbonyl (C=O) groups is 1. The van der Waals surface area contributed by atoms with Crippen molar-refractivity contribution in [2.45, 2.75) is 10.1 Å². The first-order chi connectivity index (χ1) is 11.7. The number of thioether (sulfide) groups is 2. The van der Waals surface area contributed by atoms with Gasteiger partial charge in [-0.15, -0.1) is 11.8 Å². The Kier molecular flexibility index (Phi) is 5.32. The molecular formula is C17H17N3O2S2. The molecule has 7 heteroatoms. The number of rotatable bonds is 6. The minimum Gasteiger partial charge on any atom is -0.497 e. The van der Waals surface area contributed by atoms with Gasteiger partial charge in [0.1, 0.15) is 5.75 Å². The number of carbonyl (C=O) groups excluding carboxylic acids is 1. The molecule has 0 fully saturated rings. The van der Waals surface area contributed by atoms with E-state index >= 15 is 0 Å². The van der Waals surface area contributed by atoms with E-state index in [0.717, 1.165) is 22.5 Å². The second-order valence-corrected chi connectivity index (χ2v) is 6.83. The highest BCUT2D eigenvalue weighted by molar-refractivity contribution is 7.99. The highest BCUT2D eigenvalue weighted by Crippen LogP contribution is 2.23. The first-order valence-electron chi connectivity index (χ1n) is 7.28. The van der Waals surface area contributed by atoms with Crippen LogP contribution in [0, 0.1) is 0 Å². The van der Waals surface area contributed by atoms with Gasteiger partial charge in [0.15, 0.2) is 5.16 Å². The summed E-state index contributed by atoms with van der Waals surface area (Å²) in [5.41, 5.74) is 2.55. The Bertz CT molecular complexity index is 847. The number of anilines is 1. The third-order valence-corrected chi connectivity index (χ3v) is 5.00. The van der Waals surface area contributed by atoms with Crippen molar-refractivity contribution in [3.8, 4) is 5.75 Å². The van der Waals surface area contributed by atoms with Crippen molar-refractivity contribution in [2.24, 2.45) is 0 Å². The quantitative estimate of drug-likeness (QED) is 0.651. The lowest BCUT2D eigenvalue weighted by atomic mass is 10.3. The topological polar surface area (TPSA) is 67.0 Å². The van der Waals surface area contributed by atoms with E-state index in [9.17, 15) is 4.79 Å². The molecule has 2 N–H and O–H groups in total. The average molecular weight is 359 g/mol. The van der Waals surface area contributed by atoms with Gasteiger partial charge >= 0.3 is 0 Å². The summed E-state index contributed by atoms with van der Waals surface area (Å²) in [6.07, 6.45) is 2.02. The first kappa shape index (κ1) is 16.7. The van der Waals surface area contributed by atoms with Crippen LogP contribution in [0.25, 0.3) is 11.0 Å². The molecule has 0 aliphatic heterocycles. The van der Waals surface area contributed by atoms with Crippen LogP contribution in [0.1, 0.15) is 0 Å². The van der Waals surface area contributed by atoms with E-state index in [1.54, 1.807) is 18.9 Å². The second kappa shape index (κ2) is 7.63. The molecule has 0 atom stereocenters. The molecule has 0 unspecified atom stereocenters. The Morgan fingerprint density at radius 2 is 2.04 bits per heavy atom. The standard InChI is InChI=1S/C17H17N3O2S2/c1-22-12-5-8-14-15(9-12)20-17(19-14)24-10-16(21)18-11-3-6-13(23-2)7-4-11/h3-9H,10H2,1-2H3,(H,18,21)(H,19,20). The smallest absolute Gasteiger partial charge is 0.234 e. The summed E-state index contributed by atoms with van der Waals surface area (Å²) in [6, 6.07) is 13.4. The Morgan fingerprint density at radius 1 is 1.25 bits per heavy atom. The summed E-state index contributed by atoms with van der Waals surface area (Å²) in [4.78, 5) is 20.9. The maximum atomic E-state index is 12.1. The van der Waals surface area contributed by atoms with E-state index in [0.29, 0.717) is 10.9 Å². The fraction of sp³-hybridized carbons (Fsp3) is 0.176. The molecule has 24 heavy (non-hydrogen) atoms. The van der Waals surface area contributed by atoms with Crippen LogP contribution in [0.2, 0.25) is 0 Å². The molecule has 0 aliphatic carbocycles. The van der Waals surface area contributed by atoms with Crippen LogP contribution in [-0.4, -0.2) is 35.0 Å². The lowest BCUT2D eigenvalue weighted by Crippen LogP contribution is -2.13. The molecule has 0 saturated heterocycles. The summed E-state index contributed by atoms with van der Waals surface area (Å²) < 4.78 is 5.19. The van der Waals surface area contributed by atoms with Gasteiger partial charge in [0, 0.05) is 16.6 Å². The van der Waals surface area contributed by atoms with Crippen molar-refractivity contribution < 1.29 is 9.53 Å². The number of methoxy groups -OCH3 is 1. The zero-order valence-electron chi connectivity index (χ0n) is 13.3. The molecule has 2 aromatic carbocycles. The number of fused-ring (bicyclic) bond motifs is 1. The maximum Gasteiger partial charge on any atom is 0.234 e. The number of aromatic nitrogens is 2. The van der Waals surface area contributed by atoms with Crippen LogP contribution in [0.5, 0.6) is 5.75 Å². The fourth-order valence-electron chi connectivity index (χ4n) is 2.17. The van der Waals surface area contributed by atoms with Gasteiger partial charge < -0.3 is 15.0 Å². The molecule has 0 saturated carbocycles. The monoisotopic (exact) mass is 359 g/mol. The molecule has 3 aromatic rings. The molecule has 3 rings (SSSR count). The Hall–Kier alpha value is -2.12. The number of benzene rings is 2. The summed E-state index contributed by atoms with van der Waals surface area (Å²) in [5.74, 6) is 1.00. The van der Waals surface area contributed by atoms with Gasteiger partial charge in [0.25, 0.3) is 0 Å². The predicted molar refractivity (Wildman–Crippen MR) is 100 cm³/mol. The Morgan fingerprint density at radius 3 is 2.75 bits per heavy atom. The lowest BCUT2D eigenvalue weighted by molar-refractivity contribution is -0.113. The fourth-order valence-corrected chi connectivity index (χ4v) is 3.26. The van der Waals surface area contributed by atoms with Crippen molar-refractivity contribution in [1.82, 2.24) is 9.97 Å². The summed E-state index contributed by atoms with van der Waals surface area (Å²) in [7, 11) is 1.63. The molecule has 1 aromatic heterocycles. The molecule has 1 amide bonds. The summed E-state index contributed by atoms with van der Waals surface area (Å²) >= 11 is 3.04. The number of nitrogens with zero attached hydrogens (tertiary/aromatic N) is 1. The maximum absolute atomic E-state index is 12.1. The van der Waals surface area contributed by atoms with Crippen LogP contribution < -0.4 is 10.1 Å². The molecule has 0 spiro atoms. The van der Waals surface area contributed by atoms with Crippen molar-refractivity contribution in [3.63, 3.8) is 0 Å². The zero-order chi connectivity index (χ0) is 16.9. The summed E-state index contributed by atoms with van der Waals surface area (Å²) in [6.45, 7) is 0. The minimum absolute atomic E-state index is 0.0602. The lowest BCUT2D eigenvalue weighted by Gasteiger charge is -2.05. The van der Waals surface area contributed by atoms with E-state index in [1.165, 1.54) is 16.7 Å². The van der Waals surface area contributed by atoms with Crippen LogP contribution in [0.3, 0.4) is 0 Å². The predicted octanol–water partition coefficient (Wildman–Crippen LogP) is 4.02. The normalized spacial score (nSPS) is 10.8. The number of nitrogens with one attached hydrogen (secondary N) is 2. The van der Waals surface area contributed by atoms with Crippen molar-refractivity contribution in [2.75, 3.05) is 24.4 Å². The van der Waals surface area contributed by atoms with Crippen molar-refractivity contribution in [3.05, 3.63) is 42.5 Å². The van der Waals surface area contributed by atoms with Gasteiger partial charge in [0.05, 0.1) is 23.9 Å². The van der Waals surface area contributed by atoms with E-state index in [1.807, 2.05) is 48.7 Å². The molecular weight excluding hydrogens is 342 g/mol. The third kappa shape index (κ3) is 4.04. The number of amides is 1. The molecule has 124 valence electrons. The Labute approximate surface area is 148 Å². The molecule has 0 radical (unpaired) electrons. The van der Waals surface area contributed by atoms with E-state index < -0.39 is 0 Å². The first-order valence-corrected chi connectivity index (χ1v) is 9.49. The van der Waals surface area contributed by atoms with Crippen molar-refractivity contribution in [1.29, 1.82) is 0 Å². The van der Waals surface area contributed by atoms with Gasteiger partial charge in [0.2, 0.25) is 5.91 Å². The van der Waals surface area contributed by atoms with E-state index in [4.69, 9.17) is 4.74 Å². The number of imidazole rings is 1. The third-order valence-electron chi connectivity index (χ3n) is 3.38. The number of ether oxygens (including phenoxy) is 1. The second-order valence-electron chi connectivity index (χ2n) is 4.99. The number of hydrogen-bond acceptors (Lipinski definition) is 5. The molecule has 1 heterocycles. The van der Waals surface area contributed by atoms with Gasteiger partial charge in [-0.3, -0.25) is 4.79 Å². The molecule has 0 aliphatic rings. The number of H-pyrrole nitrogens is 1.